The summed E-state index contributed by atoms with van der Waals surface area (Å²) < 4.78 is 0. The van der Waals surface area contributed by atoms with E-state index in [1.807, 2.05) is 0 Å². The van der Waals surface area contributed by atoms with Gasteiger partial charge in [0.2, 0.25) is 0 Å². The molecule has 2 aromatic rings. The van der Waals surface area contributed by atoms with Crippen LogP contribution in [0.2, 0.25) is 0 Å². The van der Waals surface area contributed by atoms with Gasteiger partial charge in [-0.15, -0.1) is 0 Å². The molecule has 0 aliphatic rings. The Morgan fingerprint density at radius 2 is 2.18 bits per heavy atom. The lowest BCUT2D eigenvalue weighted by molar-refractivity contribution is -0.385. The van der Waals surface area contributed by atoms with Crippen molar-refractivity contribution in [3.05, 3.63) is 40.8 Å². The van der Waals surface area contributed by atoms with Crippen LogP contribution in [-0.4, -0.2) is 19.9 Å². The van der Waals surface area contributed by atoms with E-state index >= 15 is 0 Å². The summed E-state index contributed by atoms with van der Waals surface area (Å²) in [6.07, 6.45) is 2.97. The molecule has 17 heavy (non-hydrogen) atoms. The van der Waals surface area contributed by atoms with Gasteiger partial charge in [0.1, 0.15) is 22.2 Å². The van der Waals surface area contributed by atoms with E-state index in [0.29, 0.717) is 10.1 Å². The first kappa shape index (κ1) is 11.3. The smallest absolute Gasteiger partial charge is 0.275 e. The Morgan fingerprint density at radius 1 is 1.35 bits per heavy atom. The lowest BCUT2D eigenvalue weighted by Gasteiger charge is -2.00. The maximum absolute atomic E-state index is 10.6. The van der Waals surface area contributed by atoms with Gasteiger partial charge in [-0.3, -0.25) is 10.1 Å². The van der Waals surface area contributed by atoms with Crippen LogP contribution in [0.3, 0.4) is 0 Å². The number of hydrogen-bond acceptors (Lipinski definition) is 7. The summed E-state index contributed by atoms with van der Waals surface area (Å²) in [5.41, 5.74) is 5.40. The van der Waals surface area contributed by atoms with Crippen molar-refractivity contribution in [2.75, 3.05) is 5.73 Å². The molecule has 0 saturated carbocycles. The van der Waals surface area contributed by atoms with Gasteiger partial charge in [0.05, 0.1) is 11.0 Å². The fourth-order valence-corrected chi connectivity index (χ4v) is 1.89. The highest BCUT2D eigenvalue weighted by Gasteiger charge is 2.11. The van der Waals surface area contributed by atoms with Gasteiger partial charge in [0.15, 0.2) is 0 Å². The van der Waals surface area contributed by atoms with Crippen molar-refractivity contribution in [3.8, 4) is 0 Å². The third-order valence-corrected chi connectivity index (χ3v) is 2.65. The van der Waals surface area contributed by atoms with Crippen LogP contribution in [0.4, 0.5) is 11.5 Å². The molecule has 0 spiro atoms. The quantitative estimate of drug-likeness (QED) is 0.499. The van der Waals surface area contributed by atoms with Crippen LogP contribution in [0.25, 0.3) is 0 Å². The van der Waals surface area contributed by atoms with Crippen LogP contribution in [-0.2, 0) is 0 Å². The van der Waals surface area contributed by atoms with Crippen molar-refractivity contribution >= 4 is 23.3 Å². The Morgan fingerprint density at radius 3 is 2.82 bits per heavy atom. The Bertz CT molecular complexity index is 548. The van der Waals surface area contributed by atoms with Crippen LogP contribution in [0.5, 0.6) is 0 Å². The van der Waals surface area contributed by atoms with Crippen molar-refractivity contribution in [1.29, 1.82) is 0 Å². The van der Waals surface area contributed by atoms with Crippen molar-refractivity contribution < 1.29 is 4.92 Å². The number of nitrogens with zero attached hydrogens (tertiary/aromatic N) is 4. The first-order valence-corrected chi connectivity index (χ1v) is 5.32. The minimum atomic E-state index is -0.512. The van der Waals surface area contributed by atoms with E-state index in [4.69, 9.17) is 5.73 Å². The third-order valence-electron chi connectivity index (χ3n) is 1.78. The lowest BCUT2D eigenvalue weighted by atomic mass is 10.4. The van der Waals surface area contributed by atoms with Crippen molar-refractivity contribution in [3.63, 3.8) is 0 Å². The average Bonchev–Trinajstić information content (AvgIpc) is 2.29. The van der Waals surface area contributed by atoms with Crippen molar-refractivity contribution in [2.24, 2.45) is 0 Å². The zero-order valence-electron chi connectivity index (χ0n) is 8.48. The monoisotopic (exact) mass is 249 g/mol. The van der Waals surface area contributed by atoms with Gasteiger partial charge in [-0.1, -0.05) is 0 Å². The predicted molar refractivity (Wildman–Crippen MR) is 61.5 cm³/mol. The van der Waals surface area contributed by atoms with Gasteiger partial charge < -0.3 is 5.73 Å². The molecule has 8 heteroatoms. The predicted octanol–water partition coefficient (Wildman–Crippen LogP) is 1.51. The second-order valence-electron chi connectivity index (χ2n) is 3.00. The summed E-state index contributed by atoms with van der Waals surface area (Å²) in [5, 5.41) is 11.7. The molecule has 0 unspecified atom stereocenters. The van der Waals surface area contributed by atoms with E-state index in [9.17, 15) is 10.1 Å². The molecule has 2 aromatic heterocycles. The fraction of sp³-hybridized carbons (Fsp3) is 0. The highest BCUT2D eigenvalue weighted by atomic mass is 32.2. The van der Waals surface area contributed by atoms with E-state index in [1.54, 1.807) is 12.3 Å². The SMILES string of the molecule is Nc1cc([N+](=O)[O-])cc(Sc2ccncn2)n1. The normalized spacial score (nSPS) is 10.1. The zero-order valence-corrected chi connectivity index (χ0v) is 9.29. The van der Waals surface area contributed by atoms with Gasteiger partial charge in [0, 0.05) is 12.3 Å². The molecule has 0 bridgehead atoms. The highest BCUT2D eigenvalue weighted by Crippen LogP contribution is 2.27. The minimum absolute atomic E-state index is 0.0888. The van der Waals surface area contributed by atoms with Gasteiger partial charge >= 0.3 is 0 Å². The molecule has 0 fully saturated rings. The highest BCUT2D eigenvalue weighted by molar-refractivity contribution is 7.99. The van der Waals surface area contributed by atoms with Crippen molar-refractivity contribution in [1.82, 2.24) is 15.0 Å². The molecule has 0 aromatic carbocycles. The molecule has 2 N–H and O–H groups in total. The van der Waals surface area contributed by atoms with Crippen LogP contribution < -0.4 is 5.73 Å². The van der Waals surface area contributed by atoms with Gasteiger partial charge in [-0.25, -0.2) is 15.0 Å². The third kappa shape index (κ3) is 2.88. The lowest BCUT2D eigenvalue weighted by Crippen LogP contribution is -1.96. The van der Waals surface area contributed by atoms with Crippen LogP contribution in [0, 0.1) is 10.1 Å². The summed E-state index contributed by atoms with van der Waals surface area (Å²) in [4.78, 5) is 21.9. The number of pyridine rings is 1. The molecule has 86 valence electrons. The molecule has 7 nitrogen and oxygen atoms in total. The maximum atomic E-state index is 10.6. The molecule has 0 atom stereocenters. The van der Waals surface area contributed by atoms with Crippen LogP contribution >= 0.6 is 11.8 Å². The molecule has 0 radical (unpaired) electrons. The Labute approximate surface area is 100 Å². The molecule has 0 amide bonds. The molecule has 0 aliphatic carbocycles. The van der Waals surface area contributed by atoms with Gasteiger partial charge in [-0.2, -0.15) is 0 Å². The first-order chi connectivity index (χ1) is 8.15. The maximum Gasteiger partial charge on any atom is 0.275 e. The molecule has 2 heterocycles. The molecule has 2 rings (SSSR count). The Kier molecular flexibility index (Phi) is 3.15. The zero-order chi connectivity index (χ0) is 12.3. The van der Waals surface area contributed by atoms with E-state index in [2.05, 4.69) is 15.0 Å². The topological polar surface area (TPSA) is 108 Å². The molecule has 0 saturated heterocycles. The summed E-state index contributed by atoms with van der Waals surface area (Å²) in [6.45, 7) is 0. The number of aromatic nitrogens is 3. The summed E-state index contributed by atoms with van der Waals surface area (Å²) >= 11 is 1.19. The van der Waals surface area contributed by atoms with E-state index < -0.39 is 4.92 Å². The van der Waals surface area contributed by atoms with E-state index in [0.717, 1.165) is 0 Å². The first-order valence-electron chi connectivity index (χ1n) is 4.51. The average molecular weight is 249 g/mol. The summed E-state index contributed by atoms with van der Waals surface area (Å²) in [7, 11) is 0. The Balaban J connectivity index is 2.30. The Hall–Kier alpha value is -2.22. The largest absolute Gasteiger partial charge is 0.383 e. The van der Waals surface area contributed by atoms with Crippen LogP contribution in [0.1, 0.15) is 0 Å². The van der Waals surface area contributed by atoms with Gasteiger partial charge in [-0.05, 0) is 17.8 Å². The van der Waals surface area contributed by atoms with Gasteiger partial charge in [0.25, 0.3) is 5.69 Å². The second-order valence-corrected chi connectivity index (χ2v) is 4.04. The van der Waals surface area contributed by atoms with Crippen molar-refractivity contribution in [2.45, 2.75) is 10.1 Å². The van der Waals surface area contributed by atoms with E-state index in [1.165, 1.54) is 30.2 Å². The fourth-order valence-electron chi connectivity index (χ4n) is 1.12. The second kappa shape index (κ2) is 4.74. The number of anilines is 1. The van der Waals surface area contributed by atoms with Crippen LogP contribution in [0.15, 0.2) is 40.8 Å². The molecule has 0 aliphatic heterocycles. The number of nitrogens with two attached hydrogens (primary N) is 1. The standard InChI is InChI=1S/C9H7N5O2S/c10-7-3-6(14(15)16)4-9(13-7)17-8-1-2-11-5-12-8/h1-5H,(H2,10,13). The summed E-state index contributed by atoms with van der Waals surface area (Å²) in [5.74, 6) is 0.107. The minimum Gasteiger partial charge on any atom is -0.383 e. The van der Waals surface area contributed by atoms with E-state index in [-0.39, 0.29) is 11.5 Å². The number of hydrogen-bond donors (Lipinski definition) is 1. The molecular formula is C9H7N5O2S. The number of nitro groups is 1. The number of rotatable bonds is 3. The molecular weight excluding hydrogens is 242 g/mol. The summed E-state index contributed by atoms with van der Waals surface area (Å²) in [6, 6.07) is 4.24. The number of nitrogen functional groups attached to an aromatic ring is 1.